The predicted molar refractivity (Wildman–Crippen MR) is 78.7 cm³/mol. The molecule has 1 aliphatic heterocycles. The molecule has 0 radical (unpaired) electrons. The van der Waals surface area contributed by atoms with E-state index in [1.807, 2.05) is 6.07 Å². The molecule has 1 aromatic rings. The van der Waals surface area contributed by atoms with E-state index in [1.54, 1.807) is 6.07 Å². The molecule has 5 heteroatoms. The highest BCUT2D eigenvalue weighted by atomic mass is 16.5. The molecule has 0 unspecified atom stereocenters. The summed E-state index contributed by atoms with van der Waals surface area (Å²) in [6.07, 6.45) is 2.64. The number of carbonyl (C=O) groups excluding carboxylic acids is 1. The number of aromatic nitrogens is 1. The molecular weight excluding hydrogens is 254 g/mol. The summed E-state index contributed by atoms with van der Waals surface area (Å²) in [7, 11) is 1.39. The highest BCUT2D eigenvalue weighted by Crippen LogP contribution is 2.15. The summed E-state index contributed by atoms with van der Waals surface area (Å²) >= 11 is 0. The third-order valence-electron chi connectivity index (χ3n) is 3.95. The second kappa shape index (κ2) is 7.45. The lowest BCUT2D eigenvalue weighted by Gasteiger charge is -2.30. The van der Waals surface area contributed by atoms with Crippen LogP contribution >= 0.6 is 0 Å². The van der Waals surface area contributed by atoms with E-state index in [2.05, 4.69) is 26.9 Å². The summed E-state index contributed by atoms with van der Waals surface area (Å²) < 4.78 is 4.67. The smallest absolute Gasteiger partial charge is 0.354 e. The summed E-state index contributed by atoms with van der Waals surface area (Å²) in [4.78, 5) is 16.9. The fraction of sp³-hybridized carbons (Fsp3) is 0.667. The van der Waals surface area contributed by atoms with Crippen LogP contribution in [-0.4, -0.2) is 49.1 Å². The van der Waals surface area contributed by atoms with Gasteiger partial charge in [0.05, 0.1) is 7.11 Å². The number of nitrogens with one attached hydrogen (secondary N) is 2. The standard InChI is InChI=1S/C15H25N3O2/c1-12-5-8-18(9-6-12)10-7-16-11-13-3-4-14(17-13)15(19)20-2/h3-4,12,16-17H,5-11H2,1-2H3. The molecule has 0 aliphatic carbocycles. The van der Waals surface area contributed by atoms with Crippen molar-refractivity contribution in [2.75, 3.05) is 33.3 Å². The number of piperidine rings is 1. The Morgan fingerprint density at radius 3 is 2.90 bits per heavy atom. The second-order valence-corrected chi connectivity index (χ2v) is 5.59. The van der Waals surface area contributed by atoms with Crippen LogP contribution in [0.2, 0.25) is 0 Å². The van der Waals surface area contributed by atoms with Crippen molar-refractivity contribution in [1.82, 2.24) is 15.2 Å². The second-order valence-electron chi connectivity index (χ2n) is 5.59. The third kappa shape index (κ3) is 4.35. The van der Waals surface area contributed by atoms with Gasteiger partial charge in [-0.15, -0.1) is 0 Å². The Balaban J connectivity index is 1.63. The van der Waals surface area contributed by atoms with Crippen LogP contribution in [0, 0.1) is 5.92 Å². The fourth-order valence-corrected chi connectivity index (χ4v) is 2.52. The van der Waals surface area contributed by atoms with Gasteiger partial charge in [0.15, 0.2) is 0 Å². The average molecular weight is 279 g/mol. The van der Waals surface area contributed by atoms with E-state index >= 15 is 0 Å². The minimum Gasteiger partial charge on any atom is -0.464 e. The van der Waals surface area contributed by atoms with Crippen molar-refractivity contribution in [1.29, 1.82) is 0 Å². The summed E-state index contributed by atoms with van der Waals surface area (Å²) in [5.41, 5.74) is 1.52. The van der Waals surface area contributed by atoms with Gasteiger partial charge in [-0.1, -0.05) is 6.92 Å². The molecule has 2 N–H and O–H groups in total. The Morgan fingerprint density at radius 2 is 2.20 bits per heavy atom. The molecule has 2 heterocycles. The van der Waals surface area contributed by atoms with Crippen molar-refractivity contribution in [2.24, 2.45) is 5.92 Å². The maximum Gasteiger partial charge on any atom is 0.354 e. The van der Waals surface area contributed by atoms with Crippen LogP contribution < -0.4 is 5.32 Å². The number of nitrogens with zero attached hydrogens (tertiary/aromatic N) is 1. The molecule has 0 amide bonds. The van der Waals surface area contributed by atoms with Crippen molar-refractivity contribution in [3.05, 3.63) is 23.5 Å². The Labute approximate surface area is 120 Å². The van der Waals surface area contributed by atoms with Crippen molar-refractivity contribution < 1.29 is 9.53 Å². The Kier molecular flexibility index (Phi) is 5.61. The van der Waals surface area contributed by atoms with Crippen LogP contribution in [0.25, 0.3) is 0 Å². The van der Waals surface area contributed by atoms with E-state index < -0.39 is 0 Å². The molecule has 2 rings (SSSR count). The lowest BCUT2D eigenvalue weighted by atomic mass is 9.99. The quantitative estimate of drug-likeness (QED) is 0.614. The Bertz CT molecular complexity index is 423. The molecule has 112 valence electrons. The van der Waals surface area contributed by atoms with Crippen LogP contribution in [0.5, 0.6) is 0 Å². The van der Waals surface area contributed by atoms with Crippen molar-refractivity contribution in [3.8, 4) is 0 Å². The molecule has 20 heavy (non-hydrogen) atoms. The van der Waals surface area contributed by atoms with Crippen LogP contribution in [-0.2, 0) is 11.3 Å². The van der Waals surface area contributed by atoms with Gasteiger partial charge < -0.3 is 19.9 Å². The number of carbonyl (C=O) groups is 1. The first kappa shape index (κ1) is 15.1. The number of likely N-dealkylation sites (tertiary alicyclic amines) is 1. The van der Waals surface area contributed by atoms with Gasteiger partial charge in [-0.25, -0.2) is 4.79 Å². The van der Waals surface area contributed by atoms with Crippen LogP contribution in [0.4, 0.5) is 0 Å². The zero-order chi connectivity index (χ0) is 14.4. The molecular formula is C15H25N3O2. The maximum atomic E-state index is 11.3. The van der Waals surface area contributed by atoms with E-state index in [4.69, 9.17) is 0 Å². The number of hydrogen-bond acceptors (Lipinski definition) is 4. The van der Waals surface area contributed by atoms with Crippen molar-refractivity contribution in [3.63, 3.8) is 0 Å². The van der Waals surface area contributed by atoms with Crippen molar-refractivity contribution in [2.45, 2.75) is 26.3 Å². The van der Waals surface area contributed by atoms with Gasteiger partial charge in [0, 0.05) is 25.3 Å². The van der Waals surface area contributed by atoms with Gasteiger partial charge in [0.1, 0.15) is 5.69 Å². The van der Waals surface area contributed by atoms with E-state index in [0.29, 0.717) is 5.69 Å². The molecule has 0 spiro atoms. The number of methoxy groups -OCH3 is 1. The lowest BCUT2D eigenvalue weighted by Crippen LogP contribution is -2.37. The molecule has 0 atom stereocenters. The third-order valence-corrected chi connectivity index (χ3v) is 3.95. The highest BCUT2D eigenvalue weighted by Gasteiger charge is 2.14. The van der Waals surface area contributed by atoms with Crippen LogP contribution in [0.1, 0.15) is 35.9 Å². The minimum absolute atomic E-state index is 0.321. The topological polar surface area (TPSA) is 57.4 Å². The number of H-pyrrole nitrogens is 1. The van der Waals surface area contributed by atoms with Crippen LogP contribution in [0.3, 0.4) is 0 Å². The number of aromatic amines is 1. The monoisotopic (exact) mass is 279 g/mol. The van der Waals surface area contributed by atoms with E-state index in [-0.39, 0.29) is 5.97 Å². The SMILES string of the molecule is COC(=O)c1ccc(CNCCN2CCC(C)CC2)[nH]1. The molecule has 0 saturated carbocycles. The predicted octanol–water partition coefficient (Wildman–Crippen LogP) is 1.62. The summed E-state index contributed by atoms with van der Waals surface area (Å²) in [5, 5.41) is 3.41. The van der Waals surface area contributed by atoms with Gasteiger partial charge in [0.25, 0.3) is 0 Å². The number of ether oxygens (including phenoxy) is 1. The van der Waals surface area contributed by atoms with Crippen molar-refractivity contribution >= 4 is 5.97 Å². The van der Waals surface area contributed by atoms with Gasteiger partial charge in [-0.3, -0.25) is 0 Å². The van der Waals surface area contributed by atoms with Gasteiger partial charge >= 0.3 is 5.97 Å². The first-order valence-corrected chi connectivity index (χ1v) is 7.38. The largest absolute Gasteiger partial charge is 0.464 e. The lowest BCUT2D eigenvalue weighted by molar-refractivity contribution is 0.0594. The summed E-state index contributed by atoms with van der Waals surface area (Å²) in [6.45, 7) is 7.59. The van der Waals surface area contributed by atoms with Gasteiger partial charge in [-0.2, -0.15) is 0 Å². The zero-order valence-corrected chi connectivity index (χ0v) is 12.4. The molecule has 1 fully saturated rings. The van der Waals surface area contributed by atoms with E-state index in [9.17, 15) is 4.79 Å². The average Bonchev–Trinajstić information content (AvgIpc) is 2.93. The molecule has 1 aliphatic rings. The molecule has 0 aromatic carbocycles. The Hall–Kier alpha value is -1.33. The molecule has 1 saturated heterocycles. The van der Waals surface area contributed by atoms with Crippen LogP contribution in [0.15, 0.2) is 12.1 Å². The summed E-state index contributed by atoms with van der Waals surface area (Å²) in [5.74, 6) is 0.563. The molecule has 1 aromatic heterocycles. The number of hydrogen-bond donors (Lipinski definition) is 2. The zero-order valence-electron chi connectivity index (χ0n) is 12.4. The highest BCUT2D eigenvalue weighted by molar-refractivity contribution is 5.87. The van der Waals surface area contributed by atoms with E-state index in [1.165, 1.54) is 33.0 Å². The number of esters is 1. The Morgan fingerprint density at radius 1 is 1.45 bits per heavy atom. The fourth-order valence-electron chi connectivity index (χ4n) is 2.52. The molecule has 0 bridgehead atoms. The first-order valence-electron chi connectivity index (χ1n) is 7.38. The molecule has 5 nitrogen and oxygen atoms in total. The van der Waals surface area contributed by atoms with E-state index in [0.717, 1.165) is 31.2 Å². The van der Waals surface area contributed by atoms with Gasteiger partial charge in [-0.05, 0) is 44.0 Å². The maximum absolute atomic E-state index is 11.3. The van der Waals surface area contributed by atoms with Gasteiger partial charge in [0.2, 0.25) is 0 Å². The normalized spacial score (nSPS) is 17.3. The summed E-state index contributed by atoms with van der Waals surface area (Å²) in [6, 6.07) is 3.68. The first-order chi connectivity index (χ1) is 9.69. The minimum atomic E-state index is -0.321. The number of rotatable bonds is 6.